The fraction of sp³-hybridized carbons (Fsp3) is 0.538. The van der Waals surface area contributed by atoms with Crippen molar-refractivity contribution in [3.8, 4) is 0 Å². The molecule has 0 aliphatic carbocycles. The van der Waals surface area contributed by atoms with E-state index in [2.05, 4.69) is 21.2 Å². The average molecular weight is 348 g/mol. The lowest BCUT2D eigenvalue weighted by atomic mass is 10.1. The Morgan fingerprint density at radius 3 is 2.79 bits per heavy atom. The molecule has 0 radical (unpaired) electrons. The van der Waals surface area contributed by atoms with Gasteiger partial charge in [-0.05, 0) is 23.6 Å². The summed E-state index contributed by atoms with van der Waals surface area (Å²) in [4.78, 5) is 0. The van der Waals surface area contributed by atoms with Crippen molar-refractivity contribution >= 4 is 25.8 Å². The van der Waals surface area contributed by atoms with Gasteiger partial charge in [0.1, 0.15) is 0 Å². The van der Waals surface area contributed by atoms with Crippen LogP contribution in [0.1, 0.15) is 18.6 Å². The van der Waals surface area contributed by atoms with Gasteiger partial charge in [-0.2, -0.15) is 0 Å². The highest BCUT2D eigenvalue weighted by molar-refractivity contribution is 9.10. The van der Waals surface area contributed by atoms with Gasteiger partial charge in [0.05, 0.1) is 17.6 Å². The third kappa shape index (κ3) is 4.02. The summed E-state index contributed by atoms with van der Waals surface area (Å²) in [5.41, 5.74) is 0.815. The van der Waals surface area contributed by atoms with E-state index >= 15 is 0 Å². The molecule has 0 aromatic heterocycles. The number of sulfone groups is 1. The largest absolute Gasteiger partial charge is 0.387 e. The maximum absolute atomic E-state index is 11.5. The normalized spacial score (nSPS) is 27.3. The highest BCUT2D eigenvalue weighted by Gasteiger charge is 2.34. The first kappa shape index (κ1) is 15.0. The zero-order valence-corrected chi connectivity index (χ0v) is 13.1. The van der Waals surface area contributed by atoms with Gasteiger partial charge < -0.3 is 10.4 Å². The van der Waals surface area contributed by atoms with Crippen LogP contribution in [-0.4, -0.2) is 37.6 Å². The van der Waals surface area contributed by atoms with Gasteiger partial charge in [0.2, 0.25) is 0 Å². The minimum absolute atomic E-state index is 0.0631. The molecule has 1 aromatic carbocycles. The molecule has 1 aliphatic heterocycles. The molecule has 0 bridgehead atoms. The molecule has 1 saturated heterocycles. The maximum Gasteiger partial charge on any atom is 0.152 e. The molecule has 0 saturated carbocycles. The molecule has 1 heterocycles. The van der Waals surface area contributed by atoms with Crippen LogP contribution in [0.5, 0.6) is 0 Å². The summed E-state index contributed by atoms with van der Waals surface area (Å²) in [6.45, 7) is 2.29. The summed E-state index contributed by atoms with van der Waals surface area (Å²) in [5, 5.41) is 13.2. The molecule has 4 nitrogen and oxygen atoms in total. The quantitative estimate of drug-likeness (QED) is 0.866. The van der Waals surface area contributed by atoms with Crippen LogP contribution in [0.3, 0.4) is 0 Å². The molecule has 0 spiro atoms. The van der Waals surface area contributed by atoms with E-state index in [9.17, 15) is 13.5 Å². The summed E-state index contributed by atoms with van der Waals surface area (Å²) in [6, 6.07) is 7.42. The van der Waals surface area contributed by atoms with Crippen LogP contribution in [-0.2, 0) is 9.84 Å². The highest BCUT2D eigenvalue weighted by Crippen LogP contribution is 2.21. The molecule has 0 amide bonds. The first-order valence-corrected chi connectivity index (χ1v) is 8.86. The average Bonchev–Trinajstić information content (AvgIpc) is 2.59. The SMILES string of the molecule is C[C@@H]1CS(=O)(=O)C[C@@H]1NCC(O)c1cccc(Br)c1. The molecule has 3 atom stereocenters. The Balaban J connectivity index is 1.92. The number of nitrogens with one attached hydrogen (secondary N) is 1. The maximum atomic E-state index is 11.5. The van der Waals surface area contributed by atoms with E-state index in [4.69, 9.17) is 0 Å². The van der Waals surface area contributed by atoms with Gasteiger partial charge in [-0.3, -0.25) is 0 Å². The van der Waals surface area contributed by atoms with Gasteiger partial charge >= 0.3 is 0 Å². The Morgan fingerprint density at radius 2 is 2.21 bits per heavy atom. The van der Waals surface area contributed by atoms with Crippen molar-refractivity contribution < 1.29 is 13.5 Å². The van der Waals surface area contributed by atoms with E-state index in [0.29, 0.717) is 6.54 Å². The Hall–Kier alpha value is -0.430. The van der Waals surface area contributed by atoms with Crippen LogP contribution in [0.15, 0.2) is 28.7 Å². The van der Waals surface area contributed by atoms with Crippen LogP contribution in [0.25, 0.3) is 0 Å². The second-order valence-electron chi connectivity index (χ2n) is 5.14. The second-order valence-corrected chi connectivity index (χ2v) is 8.21. The van der Waals surface area contributed by atoms with Crippen molar-refractivity contribution in [1.82, 2.24) is 5.32 Å². The lowest BCUT2D eigenvalue weighted by Gasteiger charge is -2.19. The topological polar surface area (TPSA) is 66.4 Å². The van der Waals surface area contributed by atoms with Gasteiger partial charge in [0, 0.05) is 17.1 Å². The fourth-order valence-electron chi connectivity index (χ4n) is 2.38. The molecule has 2 N–H and O–H groups in total. The Morgan fingerprint density at radius 1 is 1.47 bits per heavy atom. The molecule has 1 unspecified atom stereocenters. The van der Waals surface area contributed by atoms with E-state index in [-0.39, 0.29) is 23.5 Å². The van der Waals surface area contributed by atoms with Crippen molar-refractivity contribution in [3.05, 3.63) is 34.3 Å². The molecule has 2 rings (SSSR count). The third-order valence-corrected chi connectivity index (χ3v) is 5.84. The fourth-order valence-corrected chi connectivity index (χ4v) is 4.96. The van der Waals surface area contributed by atoms with Gasteiger partial charge in [-0.1, -0.05) is 35.0 Å². The van der Waals surface area contributed by atoms with E-state index in [1.54, 1.807) is 0 Å². The summed E-state index contributed by atoms with van der Waals surface area (Å²) in [5.74, 6) is 0.497. The monoisotopic (exact) mass is 347 g/mol. The first-order valence-electron chi connectivity index (χ1n) is 6.25. The van der Waals surface area contributed by atoms with Crippen LogP contribution in [0, 0.1) is 5.92 Å². The highest BCUT2D eigenvalue weighted by atomic mass is 79.9. The lowest BCUT2D eigenvalue weighted by Crippen LogP contribution is -2.37. The molecular formula is C13H18BrNO3S. The van der Waals surface area contributed by atoms with E-state index < -0.39 is 15.9 Å². The minimum atomic E-state index is -2.92. The number of aliphatic hydroxyl groups excluding tert-OH is 1. The van der Waals surface area contributed by atoms with Crippen molar-refractivity contribution in [3.63, 3.8) is 0 Å². The predicted molar refractivity (Wildman–Crippen MR) is 78.7 cm³/mol. The zero-order chi connectivity index (χ0) is 14.0. The first-order chi connectivity index (χ1) is 8.87. The van der Waals surface area contributed by atoms with Crippen molar-refractivity contribution in [2.24, 2.45) is 5.92 Å². The summed E-state index contributed by atoms with van der Waals surface area (Å²) in [6.07, 6.45) is -0.631. The lowest BCUT2D eigenvalue weighted by molar-refractivity contribution is 0.168. The van der Waals surface area contributed by atoms with E-state index in [0.717, 1.165) is 10.0 Å². The number of hydrogen-bond donors (Lipinski definition) is 2. The van der Waals surface area contributed by atoms with Crippen LogP contribution in [0.2, 0.25) is 0 Å². The smallest absolute Gasteiger partial charge is 0.152 e. The van der Waals surface area contributed by atoms with Crippen LogP contribution in [0.4, 0.5) is 0 Å². The Bertz CT molecular complexity index is 547. The summed E-state index contributed by atoms with van der Waals surface area (Å²) < 4.78 is 23.9. The molecule has 1 fully saturated rings. The second kappa shape index (κ2) is 5.91. The van der Waals surface area contributed by atoms with E-state index in [1.807, 2.05) is 31.2 Å². The van der Waals surface area contributed by atoms with Gasteiger partial charge in [0.15, 0.2) is 9.84 Å². The number of aliphatic hydroxyl groups is 1. The van der Waals surface area contributed by atoms with Crippen LogP contribution < -0.4 is 5.32 Å². The molecule has 106 valence electrons. The van der Waals surface area contributed by atoms with Gasteiger partial charge in [-0.25, -0.2) is 8.42 Å². The van der Waals surface area contributed by atoms with Gasteiger partial charge in [-0.15, -0.1) is 0 Å². The number of halogens is 1. The number of rotatable bonds is 4. The standard InChI is InChI=1S/C13H18BrNO3S/c1-9-7-19(17,18)8-12(9)15-6-13(16)10-3-2-4-11(14)5-10/h2-5,9,12-13,15-16H,6-8H2,1H3/t9-,12+,13?/m1/s1. The van der Waals surface area contributed by atoms with Crippen molar-refractivity contribution in [1.29, 1.82) is 0 Å². The molecule has 1 aromatic rings. The minimum Gasteiger partial charge on any atom is -0.387 e. The Kier molecular flexibility index (Phi) is 4.66. The number of hydrogen-bond acceptors (Lipinski definition) is 4. The predicted octanol–water partition coefficient (Wildman–Crippen LogP) is 1.51. The molecule has 19 heavy (non-hydrogen) atoms. The summed E-state index contributed by atoms with van der Waals surface area (Å²) in [7, 11) is -2.92. The van der Waals surface area contributed by atoms with Gasteiger partial charge in [0.25, 0.3) is 0 Å². The third-order valence-electron chi connectivity index (χ3n) is 3.44. The molecular weight excluding hydrogens is 330 g/mol. The molecule has 6 heteroatoms. The van der Waals surface area contributed by atoms with Crippen LogP contribution >= 0.6 is 15.9 Å². The van der Waals surface area contributed by atoms with Crippen molar-refractivity contribution in [2.75, 3.05) is 18.1 Å². The zero-order valence-electron chi connectivity index (χ0n) is 10.7. The van der Waals surface area contributed by atoms with Crippen molar-refractivity contribution in [2.45, 2.75) is 19.1 Å². The molecule has 1 aliphatic rings. The number of benzene rings is 1. The summed E-state index contributed by atoms with van der Waals surface area (Å²) >= 11 is 3.36. The van der Waals surface area contributed by atoms with E-state index in [1.165, 1.54) is 0 Å². The Labute approximate surface area is 122 Å².